The van der Waals surface area contributed by atoms with Crippen LogP contribution in [0.25, 0.3) is 0 Å². The average Bonchev–Trinajstić information content (AvgIpc) is 2.81. The lowest BCUT2D eigenvalue weighted by Gasteiger charge is -2.34. The summed E-state index contributed by atoms with van der Waals surface area (Å²) in [7, 11) is 0. The Labute approximate surface area is 101 Å². The molecule has 0 aromatic rings. The Bertz CT molecular complexity index is 236. The fourth-order valence-corrected chi connectivity index (χ4v) is 3.42. The minimum atomic E-state index is 0.708. The van der Waals surface area contributed by atoms with E-state index in [0.29, 0.717) is 6.04 Å². The number of hydrogen-bond acceptors (Lipinski definition) is 1. The van der Waals surface area contributed by atoms with Crippen molar-refractivity contribution in [3.8, 4) is 0 Å². The lowest BCUT2D eigenvalue weighted by atomic mass is 9.77. The van der Waals surface area contributed by atoms with Gasteiger partial charge in [0, 0.05) is 6.04 Å². The Kier molecular flexibility index (Phi) is 4.45. The minimum absolute atomic E-state index is 0.708. The van der Waals surface area contributed by atoms with E-state index in [0.717, 1.165) is 18.4 Å². The second kappa shape index (κ2) is 5.86. The van der Waals surface area contributed by atoms with Gasteiger partial charge in [-0.3, -0.25) is 0 Å². The maximum absolute atomic E-state index is 3.74. The molecule has 0 aromatic heterocycles. The zero-order chi connectivity index (χ0) is 11.4. The third-order valence-corrected chi connectivity index (χ3v) is 4.43. The lowest BCUT2D eigenvalue weighted by Crippen LogP contribution is -2.39. The van der Waals surface area contributed by atoms with Gasteiger partial charge < -0.3 is 5.32 Å². The molecule has 16 heavy (non-hydrogen) atoms. The van der Waals surface area contributed by atoms with Gasteiger partial charge in [0.1, 0.15) is 0 Å². The van der Waals surface area contributed by atoms with Gasteiger partial charge in [0.25, 0.3) is 0 Å². The molecular weight excluding hydrogens is 194 g/mol. The summed E-state index contributed by atoms with van der Waals surface area (Å²) in [6, 6.07) is 0.708. The van der Waals surface area contributed by atoms with Crippen LogP contribution in [0.3, 0.4) is 0 Å². The van der Waals surface area contributed by atoms with Crippen LogP contribution < -0.4 is 5.32 Å². The van der Waals surface area contributed by atoms with Crippen molar-refractivity contribution in [3.05, 3.63) is 11.6 Å². The molecule has 0 saturated heterocycles. The first-order valence-corrected chi connectivity index (χ1v) is 7.23. The lowest BCUT2D eigenvalue weighted by molar-refractivity contribution is 0.247. The van der Waals surface area contributed by atoms with Crippen LogP contribution >= 0.6 is 0 Å². The molecule has 1 heteroatoms. The molecule has 2 aliphatic carbocycles. The number of allylic oxidation sites excluding steroid dienone is 1. The van der Waals surface area contributed by atoms with Crippen LogP contribution in [0, 0.1) is 11.8 Å². The molecule has 2 aliphatic rings. The van der Waals surface area contributed by atoms with Gasteiger partial charge in [0.2, 0.25) is 0 Å². The predicted molar refractivity (Wildman–Crippen MR) is 70.5 cm³/mol. The molecule has 0 bridgehead atoms. The van der Waals surface area contributed by atoms with Gasteiger partial charge in [-0.15, -0.1) is 0 Å². The molecule has 1 atom stereocenters. The van der Waals surface area contributed by atoms with Crippen molar-refractivity contribution < 1.29 is 0 Å². The van der Waals surface area contributed by atoms with Crippen molar-refractivity contribution in [2.24, 2.45) is 11.8 Å². The molecule has 1 unspecified atom stereocenters. The second-order valence-corrected chi connectivity index (χ2v) is 5.73. The van der Waals surface area contributed by atoms with Crippen molar-refractivity contribution >= 4 is 0 Å². The number of hydrogen-bond donors (Lipinski definition) is 1. The van der Waals surface area contributed by atoms with Crippen LogP contribution in [0.5, 0.6) is 0 Å². The Morgan fingerprint density at radius 3 is 2.62 bits per heavy atom. The van der Waals surface area contributed by atoms with E-state index >= 15 is 0 Å². The maximum Gasteiger partial charge on any atom is 0.0307 e. The number of likely N-dealkylation sites (N-methyl/N-ethyl adjacent to an activating group) is 1. The minimum Gasteiger partial charge on any atom is -0.310 e. The standard InChI is InChI=1S/C15H27N/c1-3-16-15(13-6-4-5-7-13)14-10-8-12(2)9-11-14/h6,12,14-16H,3-5,7-11H2,1-2H3. The first-order valence-electron chi connectivity index (χ1n) is 7.23. The third-order valence-electron chi connectivity index (χ3n) is 4.43. The van der Waals surface area contributed by atoms with Gasteiger partial charge in [-0.1, -0.05) is 38.3 Å². The maximum atomic E-state index is 3.74. The Hall–Kier alpha value is -0.300. The molecule has 0 heterocycles. The number of rotatable bonds is 4. The Morgan fingerprint density at radius 2 is 2.06 bits per heavy atom. The summed E-state index contributed by atoms with van der Waals surface area (Å²) in [5, 5.41) is 3.74. The van der Waals surface area contributed by atoms with Crippen LogP contribution in [0.2, 0.25) is 0 Å². The molecule has 0 radical (unpaired) electrons. The van der Waals surface area contributed by atoms with Gasteiger partial charge in [0.15, 0.2) is 0 Å². The van der Waals surface area contributed by atoms with E-state index in [1.54, 1.807) is 5.57 Å². The predicted octanol–water partition coefficient (Wildman–Crippen LogP) is 3.90. The molecule has 0 amide bonds. The third kappa shape index (κ3) is 2.88. The molecule has 2 rings (SSSR count). The van der Waals surface area contributed by atoms with E-state index in [9.17, 15) is 0 Å². The fraction of sp³-hybridized carbons (Fsp3) is 0.867. The molecule has 0 spiro atoms. The summed E-state index contributed by atoms with van der Waals surface area (Å²) in [5.74, 6) is 1.89. The number of nitrogens with one attached hydrogen (secondary N) is 1. The topological polar surface area (TPSA) is 12.0 Å². The molecule has 1 N–H and O–H groups in total. The highest BCUT2D eigenvalue weighted by Crippen LogP contribution is 2.35. The summed E-state index contributed by atoms with van der Waals surface area (Å²) in [6.45, 7) is 5.77. The van der Waals surface area contributed by atoms with Crippen molar-refractivity contribution in [1.29, 1.82) is 0 Å². The van der Waals surface area contributed by atoms with Crippen molar-refractivity contribution in [1.82, 2.24) is 5.32 Å². The first-order chi connectivity index (χ1) is 7.81. The first kappa shape index (κ1) is 12.2. The van der Waals surface area contributed by atoms with Gasteiger partial charge in [-0.25, -0.2) is 0 Å². The van der Waals surface area contributed by atoms with Crippen molar-refractivity contribution in [3.63, 3.8) is 0 Å². The Balaban J connectivity index is 1.95. The van der Waals surface area contributed by atoms with Gasteiger partial charge in [-0.05, 0) is 50.5 Å². The highest BCUT2D eigenvalue weighted by molar-refractivity contribution is 5.17. The van der Waals surface area contributed by atoms with E-state index in [1.165, 1.54) is 44.9 Å². The van der Waals surface area contributed by atoms with Crippen LogP contribution in [-0.4, -0.2) is 12.6 Å². The van der Waals surface area contributed by atoms with E-state index in [2.05, 4.69) is 25.2 Å². The van der Waals surface area contributed by atoms with Crippen molar-refractivity contribution in [2.45, 2.75) is 64.8 Å². The zero-order valence-corrected chi connectivity index (χ0v) is 11.0. The SMILES string of the molecule is CCNC(C1=CCCC1)C1CCC(C)CC1. The highest BCUT2D eigenvalue weighted by Gasteiger charge is 2.28. The van der Waals surface area contributed by atoms with E-state index in [1.807, 2.05) is 0 Å². The van der Waals surface area contributed by atoms with Crippen LogP contribution in [0.1, 0.15) is 58.8 Å². The van der Waals surface area contributed by atoms with Gasteiger partial charge in [0.05, 0.1) is 0 Å². The van der Waals surface area contributed by atoms with Gasteiger partial charge >= 0.3 is 0 Å². The van der Waals surface area contributed by atoms with E-state index in [-0.39, 0.29) is 0 Å². The van der Waals surface area contributed by atoms with Crippen LogP contribution in [0.4, 0.5) is 0 Å². The fourth-order valence-electron chi connectivity index (χ4n) is 3.42. The zero-order valence-electron chi connectivity index (χ0n) is 11.0. The highest BCUT2D eigenvalue weighted by atomic mass is 14.9. The summed E-state index contributed by atoms with van der Waals surface area (Å²) in [6.07, 6.45) is 12.3. The molecule has 0 aromatic carbocycles. The van der Waals surface area contributed by atoms with Crippen LogP contribution in [0.15, 0.2) is 11.6 Å². The molecule has 1 nitrogen and oxygen atoms in total. The Morgan fingerprint density at radius 1 is 1.31 bits per heavy atom. The molecule has 1 saturated carbocycles. The average molecular weight is 221 g/mol. The van der Waals surface area contributed by atoms with Crippen LogP contribution in [-0.2, 0) is 0 Å². The summed E-state index contributed by atoms with van der Waals surface area (Å²) < 4.78 is 0. The molecule has 1 fully saturated rings. The second-order valence-electron chi connectivity index (χ2n) is 5.73. The summed E-state index contributed by atoms with van der Waals surface area (Å²) in [5.41, 5.74) is 1.72. The summed E-state index contributed by atoms with van der Waals surface area (Å²) >= 11 is 0. The van der Waals surface area contributed by atoms with Crippen molar-refractivity contribution in [2.75, 3.05) is 6.54 Å². The van der Waals surface area contributed by atoms with E-state index < -0.39 is 0 Å². The van der Waals surface area contributed by atoms with E-state index in [4.69, 9.17) is 0 Å². The normalized spacial score (nSPS) is 32.5. The largest absolute Gasteiger partial charge is 0.310 e. The molecular formula is C15H27N. The molecule has 92 valence electrons. The molecule has 0 aliphatic heterocycles. The monoisotopic (exact) mass is 221 g/mol. The quantitative estimate of drug-likeness (QED) is 0.710. The van der Waals surface area contributed by atoms with Gasteiger partial charge in [-0.2, -0.15) is 0 Å². The smallest absolute Gasteiger partial charge is 0.0307 e. The summed E-state index contributed by atoms with van der Waals surface area (Å²) in [4.78, 5) is 0.